The van der Waals surface area contributed by atoms with Crippen molar-refractivity contribution in [3.05, 3.63) is 65.7 Å². The van der Waals surface area contributed by atoms with Crippen molar-refractivity contribution < 1.29 is 9.53 Å². The Kier molecular flexibility index (Phi) is 6.29. The van der Waals surface area contributed by atoms with Gasteiger partial charge in [-0.1, -0.05) is 48.5 Å². The van der Waals surface area contributed by atoms with Crippen LogP contribution in [0.15, 0.2) is 54.6 Å². The smallest absolute Gasteiger partial charge is 0.227 e. The van der Waals surface area contributed by atoms with Crippen molar-refractivity contribution in [1.82, 2.24) is 10.2 Å². The zero-order valence-corrected chi connectivity index (χ0v) is 15.7. The molecule has 1 saturated heterocycles. The molecule has 1 N–H and O–H groups in total. The van der Waals surface area contributed by atoms with Crippen LogP contribution in [-0.4, -0.2) is 37.0 Å². The van der Waals surface area contributed by atoms with Crippen LogP contribution >= 0.6 is 0 Å². The highest BCUT2D eigenvalue weighted by molar-refractivity contribution is 5.84. The Bertz CT molecular complexity index is 709. The van der Waals surface area contributed by atoms with Crippen LogP contribution in [0.2, 0.25) is 0 Å². The molecule has 1 fully saturated rings. The van der Waals surface area contributed by atoms with Crippen LogP contribution in [0.5, 0.6) is 5.75 Å². The van der Waals surface area contributed by atoms with E-state index in [9.17, 15) is 4.79 Å². The fourth-order valence-corrected chi connectivity index (χ4v) is 3.33. The third kappa shape index (κ3) is 4.85. The lowest BCUT2D eigenvalue weighted by Crippen LogP contribution is -2.44. The number of amides is 1. The number of piperidine rings is 1. The van der Waals surface area contributed by atoms with Crippen molar-refractivity contribution in [3.8, 4) is 5.75 Å². The molecule has 0 bridgehead atoms. The summed E-state index contributed by atoms with van der Waals surface area (Å²) in [7, 11) is 2.13. The molecule has 1 aliphatic heterocycles. The summed E-state index contributed by atoms with van der Waals surface area (Å²) in [5, 5.41) is 3.22. The summed E-state index contributed by atoms with van der Waals surface area (Å²) in [4.78, 5) is 15.0. The lowest BCUT2D eigenvalue weighted by Gasteiger charge is -2.30. The predicted molar refractivity (Wildman–Crippen MR) is 104 cm³/mol. The van der Waals surface area contributed by atoms with Crippen LogP contribution < -0.4 is 10.1 Å². The zero-order valence-electron chi connectivity index (χ0n) is 15.7. The van der Waals surface area contributed by atoms with Crippen LogP contribution in [0.1, 0.15) is 36.8 Å². The second kappa shape index (κ2) is 8.86. The van der Waals surface area contributed by atoms with Crippen LogP contribution in [0.4, 0.5) is 0 Å². The maximum atomic E-state index is 12.7. The molecular weight excluding hydrogens is 324 g/mol. The number of benzene rings is 2. The van der Waals surface area contributed by atoms with Gasteiger partial charge in [-0.3, -0.25) is 4.79 Å². The first-order chi connectivity index (χ1) is 12.6. The highest BCUT2D eigenvalue weighted by Gasteiger charge is 2.24. The number of hydrogen-bond donors (Lipinski definition) is 1. The number of ether oxygens (including phenoxy) is 1. The largest absolute Gasteiger partial charge is 0.489 e. The van der Waals surface area contributed by atoms with Gasteiger partial charge in [0.05, 0.1) is 5.92 Å². The first-order valence-electron chi connectivity index (χ1n) is 9.38. The van der Waals surface area contributed by atoms with Crippen molar-refractivity contribution >= 4 is 5.91 Å². The van der Waals surface area contributed by atoms with E-state index in [1.165, 1.54) is 0 Å². The van der Waals surface area contributed by atoms with Gasteiger partial charge in [-0.05, 0) is 51.5 Å². The highest BCUT2D eigenvalue weighted by Crippen LogP contribution is 2.27. The standard InChI is InChI=1S/C22H28N2O2/c1-17(22(25)23-19-12-14-24(2)15-13-19)20-10-6-7-11-21(20)26-16-18-8-4-3-5-9-18/h3-11,17,19H,12-16H2,1-2H3,(H,23,25). The molecule has 1 amide bonds. The molecule has 4 heteroatoms. The number of nitrogens with one attached hydrogen (secondary N) is 1. The molecular formula is C22H28N2O2. The van der Waals surface area contributed by atoms with E-state index in [4.69, 9.17) is 4.74 Å². The monoisotopic (exact) mass is 352 g/mol. The second-order valence-electron chi connectivity index (χ2n) is 7.12. The molecule has 0 aliphatic carbocycles. The molecule has 2 aromatic carbocycles. The first-order valence-corrected chi connectivity index (χ1v) is 9.38. The van der Waals surface area contributed by atoms with Gasteiger partial charge in [-0.25, -0.2) is 0 Å². The lowest BCUT2D eigenvalue weighted by molar-refractivity contribution is -0.123. The SMILES string of the molecule is CC(C(=O)NC1CCN(C)CC1)c1ccccc1OCc1ccccc1. The first kappa shape index (κ1) is 18.5. The molecule has 3 rings (SSSR count). The summed E-state index contributed by atoms with van der Waals surface area (Å²) < 4.78 is 6.01. The van der Waals surface area contributed by atoms with Gasteiger partial charge in [0.1, 0.15) is 12.4 Å². The molecule has 4 nitrogen and oxygen atoms in total. The van der Waals surface area contributed by atoms with Gasteiger partial charge >= 0.3 is 0 Å². The number of carbonyl (C=O) groups is 1. The van der Waals surface area contributed by atoms with E-state index in [0.717, 1.165) is 42.8 Å². The summed E-state index contributed by atoms with van der Waals surface area (Å²) in [6.45, 7) is 4.53. The van der Waals surface area contributed by atoms with Crippen molar-refractivity contribution in [2.45, 2.75) is 38.3 Å². The molecule has 0 radical (unpaired) electrons. The summed E-state index contributed by atoms with van der Waals surface area (Å²) in [6, 6.07) is 18.2. The number of hydrogen-bond acceptors (Lipinski definition) is 3. The van der Waals surface area contributed by atoms with E-state index >= 15 is 0 Å². The molecule has 2 aromatic rings. The molecule has 0 spiro atoms. The number of likely N-dealkylation sites (tertiary alicyclic amines) is 1. The van der Waals surface area contributed by atoms with Crippen LogP contribution in [0.25, 0.3) is 0 Å². The minimum Gasteiger partial charge on any atom is -0.489 e. The predicted octanol–water partition coefficient (Wildman–Crippen LogP) is 3.58. The zero-order chi connectivity index (χ0) is 18.4. The van der Waals surface area contributed by atoms with Gasteiger partial charge in [0.2, 0.25) is 5.91 Å². The Morgan fingerprint density at radius 3 is 2.50 bits per heavy atom. The Balaban J connectivity index is 1.63. The molecule has 138 valence electrons. The van der Waals surface area contributed by atoms with Gasteiger partial charge < -0.3 is 15.0 Å². The highest BCUT2D eigenvalue weighted by atomic mass is 16.5. The fraction of sp³-hybridized carbons (Fsp3) is 0.409. The maximum absolute atomic E-state index is 12.7. The summed E-state index contributed by atoms with van der Waals surface area (Å²) in [6.07, 6.45) is 2.03. The third-order valence-corrected chi connectivity index (χ3v) is 5.08. The van der Waals surface area contributed by atoms with E-state index in [-0.39, 0.29) is 17.9 Å². The number of rotatable bonds is 6. The summed E-state index contributed by atoms with van der Waals surface area (Å²) in [5.41, 5.74) is 2.06. The van der Waals surface area contributed by atoms with Crippen LogP contribution in [0.3, 0.4) is 0 Å². The fourth-order valence-electron chi connectivity index (χ4n) is 3.33. The maximum Gasteiger partial charge on any atom is 0.227 e. The van der Waals surface area contributed by atoms with Crippen molar-refractivity contribution in [2.75, 3.05) is 20.1 Å². The van der Waals surface area contributed by atoms with Gasteiger partial charge in [0, 0.05) is 11.6 Å². The van der Waals surface area contributed by atoms with Crippen molar-refractivity contribution in [1.29, 1.82) is 0 Å². The van der Waals surface area contributed by atoms with E-state index in [0.29, 0.717) is 6.61 Å². The third-order valence-electron chi connectivity index (χ3n) is 5.08. The molecule has 1 heterocycles. The molecule has 26 heavy (non-hydrogen) atoms. The van der Waals surface area contributed by atoms with Gasteiger partial charge in [-0.15, -0.1) is 0 Å². The molecule has 1 aliphatic rings. The molecule has 1 atom stereocenters. The van der Waals surface area contributed by atoms with E-state index in [1.807, 2.05) is 61.5 Å². The van der Waals surface area contributed by atoms with Crippen LogP contribution in [-0.2, 0) is 11.4 Å². The Morgan fingerprint density at radius 2 is 1.77 bits per heavy atom. The Morgan fingerprint density at radius 1 is 1.12 bits per heavy atom. The van der Waals surface area contributed by atoms with E-state index in [1.54, 1.807) is 0 Å². The average Bonchev–Trinajstić information content (AvgIpc) is 2.68. The normalized spacial score (nSPS) is 16.8. The summed E-state index contributed by atoms with van der Waals surface area (Å²) >= 11 is 0. The quantitative estimate of drug-likeness (QED) is 0.864. The van der Waals surface area contributed by atoms with Crippen molar-refractivity contribution in [3.63, 3.8) is 0 Å². The Hall–Kier alpha value is -2.33. The van der Waals surface area contributed by atoms with Gasteiger partial charge in [0.15, 0.2) is 0 Å². The molecule has 0 aromatic heterocycles. The number of carbonyl (C=O) groups excluding carboxylic acids is 1. The van der Waals surface area contributed by atoms with E-state index < -0.39 is 0 Å². The van der Waals surface area contributed by atoms with E-state index in [2.05, 4.69) is 17.3 Å². The Labute approximate surface area is 156 Å². The minimum absolute atomic E-state index is 0.0790. The molecule has 0 saturated carbocycles. The topological polar surface area (TPSA) is 41.6 Å². The second-order valence-corrected chi connectivity index (χ2v) is 7.12. The molecule has 1 unspecified atom stereocenters. The van der Waals surface area contributed by atoms with Gasteiger partial charge in [-0.2, -0.15) is 0 Å². The van der Waals surface area contributed by atoms with Crippen molar-refractivity contribution in [2.24, 2.45) is 0 Å². The summed E-state index contributed by atoms with van der Waals surface area (Å²) in [5.74, 6) is 0.624. The lowest BCUT2D eigenvalue weighted by atomic mass is 9.97. The minimum atomic E-state index is -0.235. The van der Waals surface area contributed by atoms with Crippen LogP contribution in [0, 0.1) is 0 Å². The number of nitrogens with zero attached hydrogens (tertiary/aromatic N) is 1. The average molecular weight is 352 g/mol. The van der Waals surface area contributed by atoms with Gasteiger partial charge in [0.25, 0.3) is 0 Å². The number of para-hydroxylation sites is 1.